The largest absolute Gasteiger partial charge is 0.313 e. The number of hydrogen-bond acceptors (Lipinski definition) is 0. The quantitative estimate of drug-likeness (QED) is 0.151. The molecule has 11 rings (SSSR count). The summed E-state index contributed by atoms with van der Waals surface area (Å²) in [6.07, 6.45) is 6.37. The highest BCUT2D eigenvalue weighted by atomic mass is 15.0. The van der Waals surface area contributed by atoms with E-state index in [4.69, 9.17) is 0 Å². The highest BCUT2D eigenvalue weighted by Crippen LogP contribution is 2.41. The second-order valence-corrected chi connectivity index (χ2v) is 15.0. The van der Waals surface area contributed by atoms with Gasteiger partial charge >= 0.3 is 0 Å². The zero-order valence-electron chi connectivity index (χ0n) is 31.9. The van der Waals surface area contributed by atoms with E-state index in [9.17, 15) is 0 Å². The standard InChI is InChI=1S/C54H39N3/c1-3-4-15-36(2)55-49-22-13-11-20-43(49)45-32-37(24-28-51(45)55)39-26-30-53-47(34-39)48-35-40(27-31-54(48)57(53)42-18-9-6-10-19-42)38-25-29-52-46(33-38)44-21-12-14-23-50(44)56(52)41-16-7-5-8-17-41/h3-35H,1-2H3/b4-3-,36-15+. The van der Waals surface area contributed by atoms with E-state index in [1.165, 1.54) is 99.1 Å². The molecule has 270 valence electrons. The van der Waals surface area contributed by atoms with Crippen LogP contribution in [0.4, 0.5) is 0 Å². The van der Waals surface area contributed by atoms with Crippen LogP contribution in [-0.2, 0) is 0 Å². The Morgan fingerprint density at radius 1 is 0.368 bits per heavy atom. The van der Waals surface area contributed by atoms with Gasteiger partial charge < -0.3 is 13.7 Å². The molecule has 0 aliphatic carbocycles. The summed E-state index contributed by atoms with van der Waals surface area (Å²) >= 11 is 0. The van der Waals surface area contributed by atoms with E-state index >= 15 is 0 Å². The molecule has 0 radical (unpaired) electrons. The predicted octanol–water partition coefficient (Wildman–Crippen LogP) is 14.8. The molecule has 0 N–H and O–H groups in total. The summed E-state index contributed by atoms with van der Waals surface area (Å²) in [5, 5.41) is 7.51. The molecule has 0 spiro atoms. The van der Waals surface area contributed by atoms with Crippen LogP contribution < -0.4 is 0 Å². The number of hydrogen-bond donors (Lipinski definition) is 0. The van der Waals surface area contributed by atoms with Gasteiger partial charge in [0.05, 0.1) is 33.1 Å². The molecule has 0 aliphatic heterocycles. The third-order valence-electron chi connectivity index (χ3n) is 11.7. The molecule has 3 nitrogen and oxygen atoms in total. The molecule has 3 aromatic heterocycles. The first-order valence-electron chi connectivity index (χ1n) is 19.7. The predicted molar refractivity (Wildman–Crippen MR) is 244 cm³/mol. The van der Waals surface area contributed by atoms with Crippen molar-refractivity contribution in [2.45, 2.75) is 13.8 Å². The van der Waals surface area contributed by atoms with Crippen molar-refractivity contribution in [1.82, 2.24) is 13.7 Å². The number of rotatable bonds is 6. The number of benzene rings is 8. The van der Waals surface area contributed by atoms with E-state index in [1.54, 1.807) is 0 Å². The summed E-state index contributed by atoms with van der Waals surface area (Å²) < 4.78 is 7.17. The van der Waals surface area contributed by atoms with E-state index in [0.29, 0.717) is 0 Å². The zero-order chi connectivity index (χ0) is 38.0. The average Bonchev–Trinajstić information content (AvgIpc) is 3.91. The van der Waals surface area contributed by atoms with Crippen LogP contribution in [0.5, 0.6) is 0 Å². The lowest BCUT2D eigenvalue weighted by molar-refractivity contribution is 1.18. The third-order valence-corrected chi connectivity index (χ3v) is 11.7. The zero-order valence-corrected chi connectivity index (χ0v) is 31.9. The van der Waals surface area contributed by atoms with Gasteiger partial charge in [0.25, 0.3) is 0 Å². The van der Waals surface area contributed by atoms with Crippen molar-refractivity contribution in [2.24, 2.45) is 0 Å². The summed E-state index contributed by atoms with van der Waals surface area (Å²) in [6, 6.07) is 66.8. The summed E-state index contributed by atoms with van der Waals surface area (Å²) in [5.41, 5.74) is 15.6. The van der Waals surface area contributed by atoms with Gasteiger partial charge in [0, 0.05) is 49.4 Å². The lowest BCUT2D eigenvalue weighted by atomic mass is 9.98. The number of allylic oxidation sites excluding steroid dienone is 4. The third kappa shape index (κ3) is 5.20. The van der Waals surface area contributed by atoms with Gasteiger partial charge in [-0.25, -0.2) is 0 Å². The van der Waals surface area contributed by atoms with Gasteiger partial charge in [-0.15, -0.1) is 0 Å². The van der Waals surface area contributed by atoms with Gasteiger partial charge in [-0.3, -0.25) is 0 Å². The van der Waals surface area contributed by atoms with Crippen LogP contribution in [0.25, 0.3) is 105 Å². The van der Waals surface area contributed by atoms with E-state index < -0.39 is 0 Å². The van der Waals surface area contributed by atoms with Crippen molar-refractivity contribution >= 4 is 71.1 Å². The Morgan fingerprint density at radius 3 is 1.21 bits per heavy atom. The second-order valence-electron chi connectivity index (χ2n) is 15.0. The number of nitrogens with zero attached hydrogens (tertiary/aromatic N) is 3. The first kappa shape index (κ1) is 33.0. The van der Waals surface area contributed by atoms with Gasteiger partial charge in [0.1, 0.15) is 0 Å². The van der Waals surface area contributed by atoms with Crippen LogP contribution in [0.1, 0.15) is 13.8 Å². The molecule has 0 saturated heterocycles. The fourth-order valence-corrected chi connectivity index (χ4v) is 9.09. The summed E-state index contributed by atoms with van der Waals surface area (Å²) in [4.78, 5) is 0. The van der Waals surface area contributed by atoms with Crippen LogP contribution in [0.15, 0.2) is 200 Å². The summed E-state index contributed by atoms with van der Waals surface area (Å²) in [6.45, 7) is 4.24. The SMILES string of the molecule is C/C=C\C=C(/C)n1c2ccccc2c2cc(-c3ccc4c(c3)c3cc(-c5ccc6c(c5)c5ccccc5n6-c5ccccc5)ccc3n4-c3ccccc3)ccc21. The Hall–Kier alpha value is -7.36. The van der Waals surface area contributed by atoms with Crippen molar-refractivity contribution < 1.29 is 0 Å². The van der Waals surface area contributed by atoms with Gasteiger partial charge in [-0.1, -0.05) is 109 Å². The van der Waals surface area contributed by atoms with Gasteiger partial charge in [-0.05, 0) is 127 Å². The van der Waals surface area contributed by atoms with Crippen molar-refractivity contribution in [2.75, 3.05) is 0 Å². The molecule has 0 fully saturated rings. The monoisotopic (exact) mass is 729 g/mol. The molecule has 57 heavy (non-hydrogen) atoms. The molecule has 8 aromatic carbocycles. The van der Waals surface area contributed by atoms with E-state index in [1.807, 2.05) is 0 Å². The summed E-state index contributed by atoms with van der Waals surface area (Å²) in [5.74, 6) is 0. The first-order valence-corrected chi connectivity index (χ1v) is 19.7. The molecule has 0 amide bonds. The fraction of sp³-hybridized carbons (Fsp3) is 0.0370. The highest BCUT2D eigenvalue weighted by molar-refractivity contribution is 6.14. The Bertz CT molecular complexity index is 3410. The van der Waals surface area contributed by atoms with Crippen LogP contribution in [0, 0.1) is 0 Å². The average molecular weight is 730 g/mol. The maximum atomic E-state index is 2.41. The maximum Gasteiger partial charge on any atom is 0.0541 e. The molecule has 0 bridgehead atoms. The van der Waals surface area contributed by atoms with E-state index in [2.05, 4.69) is 228 Å². The highest BCUT2D eigenvalue weighted by Gasteiger charge is 2.18. The molecule has 3 heterocycles. The van der Waals surface area contributed by atoms with Crippen LogP contribution in [0.2, 0.25) is 0 Å². The Kier molecular flexibility index (Phi) is 7.61. The molecular formula is C54H39N3. The lowest BCUT2D eigenvalue weighted by Crippen LogP contribution is -1.93. The van der Waals surface area contributed by atoms with Crippen molar-refractivity contribution in [3.63, 3.8) is 0 Å². The maximum absolute atomic E-state index is 2.41. The van der Waals surface area contributed by atoms with E-state index in [0.717, 1.165) is 5.69 Å². The normalized spacial score (nSPS) is 12.4. The lowest BCUT2D eigenvalue weighted by Gasteiger charge is -2.09. The minimum absolute atomic E-state index is 1.16. The smallest absolute Gasteiger partial charge is 0.0541 e. The van der Waals surface area contributed by atoms with Gasteiger partial charge in [0.15, 0.2) is 0 Å². The molecule has 0 atom stereocenters. The minimum Gasteiger partial charge on any atom is -0.313 e. The van der Waals surface area contributed by atoms with Crippen LogP contribution in [-0.4, -0.2) is 13.7 Å². The Morgan fingerprint density at radius 2 is 0.719 bits per heavy atom. The number of aromatic nitrogens is 3. The molecular weight excluding hydrogens is 691 g/mol. The second kappa shape index (κ2) is 13.1. The topological polar surface area (TPSA) is 14.8 Å². The van der Waals surface area contributed by atoms with Gasteiger partial charge in [0.2, 0.25) is 0 Å². The molecule has 0 aliphatic rings. The Balaban J connectivity index is 1.10. The Labute approximate surface area is 331 Å². The molecule has 0 unspecified atom stereocenters. The van der Waals surface area contributed by atoms with Gasteiger partial charge in [-0.2, -0.15) is 0 Å². The van der Waals surface area contributed by atoms with E-state index in [-0.39, 0.29) is 0 Å². The van der Waals surface area contributed by atoms with Crippen molar-refractivity contribution in [3.05, 3.63) is 200 Å². The number of para-hydroxylation sites is 4. The minimum atomic E-state index is 1.16. The summed E-state index contributed by atoms with van der Waals surface area (Å²) in [7, 11) is 0. The fourth-order valence-electron chi connectivity index (χ4n) is 9.09. The van der Waals surface area contributed by atoms with Crippen molar-refractivity contribution in [3.8, 4) is 33.6 Å². The number of fused-ring (bicyclic) bond motifs is 9. The van der Waals surface area contributed by atoms with Crippen LogP contribution >= 0.6 is 0 Å². The molecule has 0 saturated carbocycles. The molecule has 11 aromatic rings. The molecule has 3 heteroatoms. The van der Waals surface area contributed by atoms with Crippen LogP contribution in [0.3, 0.4) is 0 Å². The first-order chi connectivity index (χ1) is 28.2. The van der Waals surface area contributed by atoms with Crippen molar-refractivity contribution in [1.29, 1.82) is 0 Å².